The average Bonchev–Trinajstić information content (AvgIpc) is 2.72. The van der Waals surface area contributed by atoms with Gasteiger partial charge < -0.3 is 5.32 Å². The van der Waals surface area contributed by atoms with E-state index in [1.54, 1.807) is 0 Å². The Bertz CT molecular complexity index is 190. The van der Waals surface area contributed by atoms with E-state index >= 15 is 0 Å². The number of carbonyl (C=O) groups excluding carboxylic acids is 1. The summed E-state index contributed by atoms with van der Waals surface area (Å²) in [5.74, 6) is 1.62. The maximum atomic E-state index is 11.9. The normalized spacial score (nSPS) is 29.3. The summed E-state index contributed by atoms with van der Waals surface area (Å²) in [6.07, 6.45) is 8.24. The van der Waals surface area contributed by atoms with Crippen molar-refractivity contribution in [2.24, 2.45) is 11.8 Å². The summed E-state index contributed by atoms with van der Waals surface area (Å²) < 4.78 is 0. The van der Waals surface area contributed by atoms with Crippen LogP contribution in [0.4, 0.5) is 0 Å². The lowest BCUT2D eigenvalue weighted by Crippen LogP contribution is -2.31. The van der Waals surface area contributed by atoms with E-state index in [4.69, 9.17) is 0 Å². The molecule has 2 nitrogen and oxygen atoms in total. The third kappa shape index (κ3) is 2.57. The number of hydrogen-bond acceptors (Lipinski definition) is 2. The molecular formula is C12H21NO. The van der Waals surface area contributed by atoms with Crippen molar-refractivity contribution in [3.8, 4) is 0 Å². The Kier molecular flexibility index (Phi) is 3.57. The Labute approximate surface area is 86.5 Å². The van der Waals surface area contributed by atoms with Crippen molar-refractivity contribution in [1.29, 1.82) is 0 Å². The molecule has 14 heavy (non-hydrogen) atoms. The Morgan fingerprint density at radius 1 is 1.14 bits per heavy atom. The second-order valence-electron chi connectivity index (χ2n) is 4.86. The van der Waals surface area contributed by atoms with E-state index in [0.29, 0.717) is 17.6 Å². The summed E-state index contributed by atoms with van der Waals surface area (Å²) in [5, 5.41) is 3.38. The van der Waals surface area contributed by atoms with E-state index < -0.39 is 0 Å². The predicted molar refractivity (Wildman–Crippen MR) is 57.2 cm³/mol. The van der Waals surface area contributed by atoms with Gasteiger partial charge in [0.15, 0.2) is 0 Å². The van der Waals surface area contributed by atoms with Crippen LogP contribution in [-0.4, -0.2) is 18.9 Å². The third-order valence-corrected chi connectivity index (χ3v) is 3.70. The summed E-state index contributed by atoms with van der Waals surface area (Å²) >= 11 is 0. The molecule has 2 heteroatoms. The van der Waals surface area contributed by atoms with Crippen LogP contribution in [0.3, 0.4) is 0 Å². The van der Waals surface area contributed by atoms with E-state index in [-0.39, 0.29) is 0 Å². The van der Waals surface area contributed by atoms with Gasteiger partial charge in [0.1, 0.15) is 5.78 Å². The standard InChI is InChI=1S/C12H21NO/c14-12(11-5-1-2-6-11)8-10-4-3-7-13-9-10/h10-11,13H,1-9H2. The lowest BCUT2D eigenvalue weighted by molar-refractivity contribution is -0.123. The number of rotatable bonds is 3. The molecule has 80 valence electrons. The second-order valence-corrected chi connectivity index (χ2v) is 4.86. The molecule has 2 rings (SSSR count). The van der Waals surface area contributed by atoms with Crippen molar-refractivity contribution in [2.45, 2.75) is 44.9 Å². The molecule has 1 N–H and O–H groups in total. The Morgan fingerprint density at radius 3 is 2.57 bits per heavy atom. The molecule has 1 saturated carbocycles. The first-order valence-corrected chi connectivity index (χ1v) is 6.09. The third-order valence-electron chi connectivity index (χ3n) is 3.70. The van der Waals surface area contributed by atoms with Crippen LogP contribution in [0, 0.1) is 11.8 Å². The van der Waals surface area contributed by atoms with Crippen LogP contribution in [0.5, 0.6) is 0 Å². The highest BCUT2D eigenvalue weighted by Crippen LogP contribution is 2.28. The molecule has 0 amide bonds. The molecule has 0 aromatic carbocycles. The van der Waals surface area contributed by atoms with Gasteiger partial charge >= 0.3 is 0 Å². The lowest BCUT2D eigenvalue weighted by Gasteiger charge is -2.23. The fourth-order valence-corrected chi connectivity index (χ4v) is 2.80. The van der Waals surface area contributed by atoms with Gasteiger partial charge in [-0.1, -0.05) is 12.8 Å². The van der Waals surface area contributed by atoms with Crippen molar-refractivity contribution in [2.75, 3.05) is 13.1 Å². The highest BCUT2D eigenvalue weighted by Gasteiger charge is 2.25. The average molecular weight is 195 g/mol. The van der Waals surface area contributed by atoms with Gasteiger partial charge in [-0.3, -0.25) is 4.79 Å². The summed E-state index contributed by atoms with van der Waals surface area (Å²) in [6, 6.07) is 0. The van der Waals surface area contributed by atoms with E-state index in [1.165, 1.54) is 38.5 Å². The second kappa shape index (κ2) is 4.92. The Balaban J connectivity index is 1.75. The Morgan fingerprint density at radius 2 is 1.93 bits per heavy atom. The predicted octanol–water partition coefficient (Wildman–Crippen LogP) is 2.14. The number of ketones is 1. The fraction of sp³-hybridized carbons (Fsp3) is 0.917. The molecule has 1 unspecified atom stereocenters. The number of Topliss-reactive ketones (excluding diaryl/α,β-unsaturated/α-hetero) is 1. The molecule has 1 aliphatic carbocycles. The van der Waals surface area contributed by atoms with Crippen LogP contribution in [0.25, 0.3) is 0 Å². The molecule has 0 aromatic rings. The molecule has 0 spiro atoms. The summed E-state index contributed by atoms with van der Waals surface area (Å²) in [5.41, 5.74) is 0. The minimum Gasteiger partial charge on any atom is -0.316 e. The number of nitrogens with one attached hydrogen (secondary N) is 1. The molecule has 0 radical (unpaired) electrons. The monoisotopic (exact) mass is 195 g/mol. The smallest absolute Gasteiger partial charge is 0.136 e. The van der Waals surface area contributed by atoms with E-state index in [9.17, 15) is 4.79 Å². The fourth-order valence-electron chi connectivity index (χ4n) is 2.80. The highest BCUT2D eigenvalue weighted by molar-refractivity contribution is 5.81. The quantitative estimate of drug-likeness (QED) is 0.747. The zero-order valence-electron chi connectivity index (χ0n) is 8.93. The van der Waals surface area contributed by atoms with Crippen LogP contribution >= 0.6 is 0 Å². The molecule has 1 saturated heterocycles. The molecule has 1 atom stereocenters. The van der Waals surface area contributed by atoms with E-state index in [1.807, 2.05) is 0 Å². The first kappa shape index (κ1) is 10.2. The molecule has 0 aromatic heterocycles. The van der Waals surface area contributed by atoms with Gasteiger partial charge in [0.2, 0.25) is 0 Å². The molecule has 0 bridgehead atoms. The summed E-state index contributed by atoms with van der Waals surface area (Å²) in [4.78, 5) is 11.9. The minimum absolute atomic E-state index is 0.428. The van der Waals surface area contributed by atoms with Crippen LogP contribution < -0.4 is 5.32 Å². The zero-order chi connectivity index (χ0) is 9.80. The van der Waals surface area contributed by atoms with E-state index in [2.05, 4.69) is 5.32 Å². The number of carbonyl (C=O) groups is 1. The SMILES string of the molecule is O=C(CC1CCCNC1)C1CCCC1. The number of piperidine rings is 1. The van der Waals surface area contributed by atoms with Gasteiger partial charge in [0, 0.05) is 12.3 Å². The maximum Gasteiger partial charge on any atom is 0.136 e. The van der Waals surface area contributed by atoms with Crippen LogP contribution in [0.1, 0.15) is 44.9 Å². The first-order chi connectivity index (χ1) is 6.86. The molecule has 1 aliphatic heterocycles. The summed E-state index contributed by atoms with van der Waals surface area (Å²) in [6.45, 7) is 2.21. The topological polar surface area (TPSA) is 29.1 Å². The van der Waals surface area contributed by atoms with Crippen molar-refractivity contribution in [1.82, 2.24) is 5.32 Å². The lowest BCUT2D eigenvalue weighted by atomic mass is 9.89. The zero-order valence-corrected chi connectivity index (χ0v) is 8.93. The van der Waals surface area contributed by atoms with Crippen molar-refractivity contribution in [3.05, 3.63) is 0 Å². The number of hydrogen-bond donors (Lipinski definition) is 1. The van der Waals surface area contributed by atoms with Crippen LogP contribution in [0.2, 0.25) is 0 Å². The maximum absolute atomic E-state index is 11.9. The van der Waals surface area contributed by atoms with Crippen LogP contribution in [-0.2, 0) is 4.79 Å². The van der Waals surface area contributed by atoms with E-state index in [0.717, 1.165) is 19.5 Å². The highest BCUT2D eigenvalue weighted by atomic mass is 16.1. The molecular weight excluding hydrogens is 174 g/mol. The summed E-state index contributed by atoms with van der Waals surface area (Å²) in [7, 11) is 0. The largest absolute Gasteiger partial charge is 0.316 e. The van der Waals surface area contributed by atoms with Gasteiger partial charge in [-0.25, -0.2) is 0 Å². The molecule has 2 aliphatic rings. The van der Waals surface area contributed by atoms with Gasteiger partial charge in [-0.15, -0.1) is 0 Å². The van der Waals surface area contributed by atoms with Gasteiger partial charge in [-0.2, -0.15) is 0 Å². The minimum atomic E-state index is 0.428. The van der Waals surface area contributed by atoms with Crippen LogP contribution in [0.15, 0.2) is 0 Å². The van der Waals surface area contributed by atoms with Crippen molar-refractivity contribution < 1.29 is 4.79 Å². The van der Waals surface area contributed by atoms with Crippen molar-refractivity contribution in [3.63, 3.8) is 0 Å². The molecule has 1 heterocycles. The first-order valence-electron chi connectivity index (χ1n) is 6.09. The van der Waals surface area contributed by atoms with Gasteiger partial charge in [0.05, 0.1) is 0 Å². The van der Waals surface area contributed by atoms with Gasteiger partial charge in [0.25, 0.3) is 0 Å². The van der Waals surface area contributed by atoms with Crippen molar-refractivity contribution >= 4 is 5.78 Å². The molecule has 2 fully saturated rings. The van der Waals surface area contributed by atoms with Gasteiger partial charge in [-0.05, 0) is 44.7 Å². The Hall–Kier alpha value is -0.370.